The summed E-state index contributed by atoms with van der Waals surface area (Å²) in [6.45, 7) is 0. The number of nitrogens with one attached hydrogen (secondary N) is 1. The predicted molar refractivity (Wildman–Crippen MR) is 95.7 cm³/mol. The zero-order chi connectivity index (χ0) is 15.2. The van der Waals surface area contributed by atoms with Gasteiger partial charge in [-0.3, -0.25) is 5.10 Å². The topological polar surface area (TPSA) is 41.6 Å². The molecule has 0 saturated carbocycles. The molecule has 1 aromatic heterocycles. The second-order valence-electron chi connectivity index (χ2n) is 4.57. The molecule has 0 bridgehead atoms. The Kier molecular flexibility index (Phi) is 5.08. The molecule has 0 atom stereocenters. The van der Waals surface area contributed by atoms with Crippen LogP contribution >= 0.6 is 27.7 Å². The van der Waals surface area contributed by atoms with E-state index in [0.29, 0.717) is 0 Å². The van der Waals surface area contributed by atoms with Gasteiger partial charge in [0, 0.05) is 15.8 Å². The molecule has 3 rings (SSSR count). The van der Waals surface area contributed by atoms with Crippen LogP contribution in [0.2, 0.25) is 0 Å². The Labute approximate surface area is 142 Å². The number of aromatic nitrogens is 3. The van der Waals surface area contributed by atoms with Crippen molar-refractivity contribution in [1.29, 1.82) is 0 Å². The highest BCUT2D eigenvalue weighted by atomic mass is 79.9. The first-order valence-electron chi connectivity index (χ1n) is 6.84. The third-order valence-corrected chi connectivity index (χ3v) is 4.50. The van der Waals surface area contributed by atoms with E-state index < -0.39 is 0 Å². The van der Waals surface area contributed by atoms with Crippen molar-refractivity contribution >= 4 is 33.8 Å². The van der Waals surface area contributed by atoms with Crippen LogP contribution in [-0.4, -0.2) is 20.9 Å². The first-order valence-corrected chi connectivity index (χ1v) is 8.62. The molecule has 110 valence electrons. The molecule has 22 heavy (non-hydrogen) atoms. The Balaban J connectivity index is 1.61. The van der Waals surface area contributed by atoms with Gasteiger partial charge in [-0.1, -0.05) is 88.4 Å². The fourth-order valence-corrected chi connectivity index (χ4v) is 3.04. The van der Waals surface area contributed by atoms with Gasteiger partial charge >= 0.3 is 0 Å². The average Bonchev–Trinajstić information content (AvgIpc) is 3.02. The van der Waals surface area contributed by atoms with Crippen molar-refractivity contribution in [3.8, 4) is 11.4 Å². The average molecular weight is 372 g/mol. The van der Waals surface area contributed by atoms with Gasteiger partial charge in [0.1, 0.15) is 0 Å². The molecule has 1 N–H and O–H groups in total. The zero-order valence-corrected chi connectivity index (χ0v) is 14.1. The van der Waals surface area contributed by atoms with Crippen molar-refractivity contribution in [2.45, 2.75) is 5.16 Å². The lowest BCUT2D eigenvalue weighted by atomic mass is 10.2. The number of hydrogen-bond donors (Lipinski definition) is 1. The van der Waals surface area contributed by atoms with Gasteiger partial charge in [-0.05, 0) is 11.6 Å². The first kappa shape index (κ1) is 15.1. The van der Waals surface area contributed by atoms with Gasteiger partial charge in [0.25, 0.3) is 0 Å². The maximum Gasteiger partial charge on any atom is 0.209 e. The molecule has 3 nitrogen and oxygen atoms in total. The third kappa shape index (κ3) is 3.87. The summed E-state index contributed by atoms with van der Waals surface area (Å²) in [6.07, 6.45) is 4.23. The Morgan fingerprint density at radius 1 is 1.05 bits per heavy atom. The van der Waals surface area contributed by atoms with Crippen LogP contribution in [0.25, 0.3) is 17.5 Å². The third-order valence-electron chi connectivity index (χ3n) is 3.01. The number of H-pyrrole nitrogens is 1. The maximum absolute atomic E-state index is 4.52. The lowest BCUT2D eigenvalue weighted by Gasteiger charge is -1.98. The van der Waals surface area contributed by atoms with Gasteiger partial charge in [-0.2, -0.15) is 0 Å². The van der Waals surface area contributed by atoms with E-state index in [4.69, 9.17) is 0 Å². The molecule has 0 radical (unpaired) electrons. The predicted octanol–water partition coefficient (Wildman–Crippen LogP) is 5.04. The summed E-state index contributed by atoms with van der Waals surface area (Å²) >= 11 is 5.13. The fourth-order valence-electron chi connectivity index (χ4n) is 1.96. The SMILES string of the molecule is Brc1ccccc1-c1nc(SC/C=C/c2ccccc2)n[nH]1. The number of nitrogens with zero attached hydrogens (tertiary/aromatic N) is 2. The number of hydrogen-bond acceptors (Lipinski definition) is 3. The molecule has 0 saturated heterocycles. The van der Waals surface area contributed by atoms with Gasteiger partial charge in [-0.25, -0.2) is 4.98 Å². The molecule has 0 aliphatic heterocycles. The number of aromatic amines is 1. The molecule has 0 aliphatic rings. The van der Waals surface area contributed by atoms with Crippen molar-refractivity contribution in [3.63, 3.8) is 0 Å². The molecule has 0 spiro atoms. The van der Waals surface area contributed by atoms with Crippen molar-refractivity contribution in [2.24, 2.45) is 0 Å². The summed E-state index contributed by atoms with van der Waals surface area (Å²) in [5.41, 5.74) is 2.22. The van der Waals surface area contributed by atoms with E-state index in [2.05, 4.69) is 55.4 Å². The van der Waals surface area contributed by atoms with Crippen LogP contribution in [-0.2, 0) is 0 Å². The fraction of sp³-hybridized carbons (Fsp3) is 0.0588. The van der Waals surface area contributed by atoms with Crippen LogP contribution in [0.1, 0.15) is 5.56 Å². The Morgan fingerprint density at radius 3 is 2.64 bits per heavy atom. The van der Waals surface area contributed by atoms with Crippen molar-refractivity contribution in [2.75, 3.05) is 5.75 Å². The van der Waals surface area contributed by atoms with Crippen LogP contribution in [0.3, 0.4) is 0 Å². The second kappa shape index (κ2) is 7.42. The molecule has 1 heterocycles. The summed E-state index contributed by atoms with van der Waals surface area (Å²) in [4.78, 5) is 4.52. The van der Waals surface area contributed by atoms with Gasteiger partial charge in [0.05, 0.1) is 0 Å². The Bertz CT molecular complexity index is 768. The lowest BCUT2D eigenvalue weighted by Crippen LogP contribution is -1.82. The molecular weight excluding hydrogens is 358 g/mol. The molecule has 0 unspecified atom stereocenters. The molecule has 0 fully saturated rings. The number of benzene rings is 2. The van der Waals surface area contributed by atoms with E-state index in [0.717, 1.165) is 26.8 Å². The summed E-state index contributed by atoms with van der Waals surface area (Å²) in [5, 5.41) is 7.99. The van der Waals surface area contributed by atoms with Crippen molar-refractivity contribution in [3.05, 3.63) is 70.7 Å². The highest BCUT2D eigenvalue weighted by molar-refractivity contribution is 9.10. The van der Waals surface area contributed by atoms with Gasteiger partial charge in [-0.15, -0.1) is 5.10 Å². The smallest absolute Gasteiger partial charge is 0.209 e. The van der Waals surface area contributed by atoms with Crippen LogP contribution in [0, 0.1) is 0 Å². The van der Waals surface area contributed by atoms with Crippen LogP contribution in [0.4, 0.5) is 0 Å². The van der Waals surface area contributed by atoms with E-state index in [9.17, 15) is 0 Å². The summed E-state index contributed by atoms with van der Waals surface area (Å²) in [7, 11) is 0. The molecule has 3 aromatic rings. The van der Waals surface area contributed by atoms with Gasteiger partial charge in [0.15, 0.2) is 5.82 Å². The monoisotopic (exact) mass is 371 g/mol. The van der Waals surface area contributed by atoms with Crippen LogP contribution < -0.4 is 0 Å². The second-order valence-corrected chi connectivity index (χ2v) is 6.41. The Morgan fingerprint density at radius 2 is 1.82 bits per heavy atom. The maximum atomic E-state index is 4.52. The van der Waals surface area contributed by atoms with Crippen LogP contribution in [0.5, 0.6) is 0 Å². The quantitative estimate of drug-likeness (QED) is 0.638. The summed E-state index contributed by atoms with van der Waals surface area (Å²) in [6, 6.07) is 18.2. The summed E-state index contributed by atoms with van der Waals surface area (Å²) in [5.74, 6) is 1.62. The number of thioether (sulfide) groups is 1. The van der Waals surface area contributed by atoms with E-state index in [1.165, 1.54) is 5.56 Å². The standard InChI is InChI=1S/C17H14BrN3S/c18-15-11-5-4-10-14(15)16-19-17(21-20-16)22-12-6-9-13-7-2-1-3-8-13/h1-11H,12H2,(H,19,20,21)/b9-6+. The molecule has 5 heteroatoms. The zero-order valence-electron chi connectivity index (χ0n) is 11.7. The largest absolute Gasteiger partial charge is 0.258 e. The van der Waals surface area contributed by atoms with Gasteiger partial charge < -0.3 is 0 Å². The molecule has 0 amide bonds. The van der Waals surface area contributed by atoms with E-state index in [-0.39, 0.29) is 0 Å². The van der Waals surface area contributed by atoms with Crippen molar-refractivity contribution in [1.82, 2.24) is 15.2 Å². The minimum atomic E-state index is 0.753. The van der Waals surface area contributed by atoms with Crippen LogP contribution in [0.15, 0.2) is 70.3 Å². The Hall–Kier alpha value is -1.85. The van der Waals surface area contributed by atoms with Gasteiger partial charge in [0.2, 0.25) is 5.16 Å². The minimum Gasteiger partial charge on any atom is -0.258 e. The minimum absolute atomic E-state index is 0.753. The van der Waals surface area contributed by atoms with E-state index in [1.807, 2.05) is 42.5 Å². The molecular formula is C17H14BrN3S. The highest BCUT2D eigenvalue weighted by Crippen LogP contribution is 2.26. The first-order chi connectivity index (χ1) is 10.8. The summed E-state index contributed by atoms with van der Waals surface area (Å²) < 4.78 is 1.01. The number of rotatable bonds is 5. The molecule has 2 aromatic carbocycles. The number of halogens is 1. The normalized spacial score (nSPS) is 11.1. The lowest BCUT2D eigenvalue weighted by molar-refractivity contribution is 0.975. The van der Waals surface area contributed by atoms with E-state index >= 15 is 0 Å². The van der Waals surface area contributed by atoms with Crippen molar-refractivity contribution < 1.29 is 0 Å². The molecule has 0 aliphatic carbocycles. The van der Waals surface area contributed by atoms with E-state index in [1.54, 1.807) is 11.8 Å². The highest BCUT2D eigenvalue weighted by Gasteiger charge is 2.08.